The molecule has 1 N–H and O–H groups in total. The highest BCUT2D eigenvalue weighted by Gasteiger charge is 2.27. The summed E-state index contributed by atoms with van der Waals surface area (Å²) in [6, 6.07) is 1.47. The summed E-state index contributed by atoms with van der Waals surface area (Å²) in [4.78, 5) is 25.9. The van der Waals surface area contributed by atoms with Crippen LogP contribution < -0.4 is 5.32 Å². The van der Waals surface area contributed by atoms with Crippen molar-refractivity contribution in [3.8, 4) is 0 Å². The molecule has 0 spiro atoms. The summed E-state index contributed by atoms with van der Waals surface area (Å²) in [7, 11) is 1.32. The van der Waals surface area contributed by atoms with Crippen molar-refractivity contribution in [1.29, 1.82) is 0 Å². The molecule has 0 aromatic carbocycles. The molecule has 0 aliphatic carbocycles. The lowest BCUT2D eigenvalue weighted by Crippen LogP contribution is -2.49. The number of rotatable bonds is 2. The maximum atomic E-state index is 12.2. The van der Waals surface area contributed by atoms with Crippen molar-refractivity contribution in [3.63, 3.8) is 0 Å². The summed E-state index contributed by atoms with van der Waals surface area (Å²) < 4.78 is 10.3. The molecular weight excluding hydrogens is 280 g/mol. The van der Waals surface area contributed by atoms with Crippen LogP contribution >= 0.6 is 11.3 Å². The SMILES string of the molecule is COC(=O)c1sccc1NC(=O)N1C[C@H](C)O[C@@H](C)C1. The van der Waals surface area contributed by atoms with Crippen LogP contribution in [0.25, 0.3) is 0 Å². The highest BCUT2D eigenvalue weighted by Crippen LogP contribution is 2.24. The minimum absolute atomic E-state index is 0.00653. The molecule has 2 rings (SSSR count). The molecule has 0 unspecified atom stereocenters. The molecule has 6 nitrogen and oxygen atoms in total. The van der Waals surface area contributed by atoms with Gasteiger partial charge in [0.25, 0.3) is 0 Å². The van der Waals surface area contributed by atoms with E-state index in [1.54, 1.807) is 16.3 Å². The van der Waals surface area contributed by atoms with Gasteiger partial charge < -0.3 is 19.7 Å². The maximum absolute atomic E-state index is 12.2. The Balaban J connectivity index is 2.04. The van der Waals surface area contributed by atoms with Crippen LogP contribution in [0.4, 0.5) is 10.5 Å². The molecule has 0 radical (unpaired) electrons. The van der Waals surface area contributed by atoms with E-state index >= 15 is 0 Å². The number of hydrogen-bond acceptors (Lipinski definition) is 5. The Bertz CT molecular complexity index is 492. The predicted molar refractivity (Wildman–Crippen MR) is 76.3 cm³/mol. The van der Waals surface area contributed by atoms with E-state index < -0.39 is 5.97 Å². The average Bonchev–Trinajstić information content (AvgIpc) is 2.84. The molecular formula is C13H18N2O4S. The van der Waals surface area contributed by atoms with E-state index in [1.807, 2.05) is 13.8 Å². The van der Waals surface area contributed by atoms with Gasteiger partial charge in [-0.3, -0.25) is 0 Å². The summed E-state index contributed by atoms with van der Waals surface area (Å²) in [5.74, 6) is -0.445. The zero-order valence-corrected chi connectivity index (χ0v) is 12.5. The van der Waals surface area contributed by atoms with E-state index in [0.29, 0.717) is 23.7 Å². The van der Waals surface area contributed by atoms with E-state index in [9.17, 15) is 9.59 Å². The van der Waals surface area contributed by atoms with Crippen LogP contribution in [0.1, 0.15) is 23.5 Å². The fourth-order valence-corrected chi connectivity index (χ4v) is 2.96. The lowest BCUT2D eigenvalue weighted by molar-refractivity contribution is -0.0530. The van der Waals surface area contributed by atoms with Gasteiger partial charge >= 0.3 is 12.0 Å². The molecule has 0 bridgehead atoms. The van der Waals surface area contributed by atoms with Crippen LogP contribution in [0, 0.1) is 0 Å². The van der Waals surface area contributed by atoms with Crippen molar-refractivity contribution in [3.05, 3.63) is 16.3 Å². The van der Waals surface area contributed by atoms with E-state index in [1.165, 1.54) is 18.4 Å². The van der Waals surface area contributed by atoms with Crippen molar-refractivity contribution in [1.82, 2.24) is 4.90 Å². The molecule has 2 heterocycles. The lowest BCUT2D eigenvalue weighted by Gasteiger charge is -2.35. The maximum Gasteiger partial charge on any atom is 0.350 e. The summed E-state index contributed by atoms with van der Waals surface area (Å²) >= 11 is 1.24. The largest absolute Gasteiger partial charge is 0.465 e. The molecule has 1 fully saturated rings. The second-order valence-corrected chi connectivity index (χ2v) is 5.66. The number of urea groups is 1. The third-order valence-electron chi connectivity index (χ3n) is 2.98. The molecule has 20 heavy (non-hydrogen) atoms. The van der Waals surface area contributed by atoms with Crippen LogP contribution in [0.2, 0.25) is 0 Å². The highest BCUT2D eigenvalue weighted by atomic mass is 32.1. The van der Waals surface area contributed by atoms with E-state index in [2.05, 4.69) is 10.1 Å². The van der Waals surface area contributed by atoms with Gasteiger partial charge in [0.05, 0.1) is 25.0 Å². The second-order valence-electron chi connectivity index (χ2n) is 4.75. The van der Waals surface area contributed by atoms with E-state index in [0.717, 1.165) is 0 Å². The minimum Gasteiger partial charge on any atom is -0.465 e. The second kappa shape index (κ2) is 6.23. The molecule has 2 amide bonds. The predicted octanol–water partition coefficient (Wildman–Crippen LogP) is 2.18. The number of methoxy groups -OCH3 is 1. The Labute approximate surface area is 121 Å². The van der Waals surface area contributed by atoms with Crippen molar-refractivity contribution < 1.29 is 19.1 Å². The Morgan fingerprint density at radius 1 is 1.40 bits per heavy atom. The van der Waals surface area contributed by atoms with Crippen molar-refractivity contribution in [2.45, 2.75) is 26.1 Å². The summed E-state index contributed by atoms with van der Waals surface area (Å²) in [6.07, 6.45) is 0.0131. The molecule has 110 valence electrons. The van der Waals surface area contributed by atoms with Gasteiger partial charge in [0, 0.05) is 13.1 Å². The van der Waals surface area contributed by atoms with Crippen LogP contribution in [0.3, 0.4) is 0 Å². The first-order chi connectivity index (χ1) is 9.51. The first kappa shape index (κ1) is 14.8. The molecule has 1 aliphatic rings. The minimum atomic E-state index is -0.445. The molecule has 7 heteroatoms. The molecule has 1 aromatic heterocycles. The van der Waals surface area contributed by atoms with Gasteiger partial charge in [-0.25, -0.2) is 9.59 Å². The van der Waals surface area contributed by atoms with E-state index in [-0.39, 0.29) is 18.2 Å². The molecule has 2 atom stereocenters. The van der Waals surface area contributed by atoms with Gasteiger partial charge in [0.1, 0.15) is 4.88 Å². The van der Waals surface area contributed by atoms with Gasteiger partial charge in [-0.05, 0) is 25.3 Å². The Hall–Kier alpha value is -1.60. The zero-order valence-electron chi connectivity index (χ0n) is 11.7. The summed E-state index contributed by atoms with van der Waals surface area (Å²) in [6.45, 7) is 4.93. The topological polar surface area (TPSA) is 67.9 Å². The standard InChI is InChI=1S/C13H18N2O4S/c1-8-6-15(7-9(2)19-8)13(17)14-10-4-5-20-11(10)12(16)18-3/h4-5,8-9H,6-7H2,1-3H3,(H,14,17)/t8-,9-/m0/s1. The zero-order chi connectivity index (χ0) is 14.7. The van der Waals surface area contributed by atoms with Crippen molar-refractivity contribution in [2.75, 3.05) is 25.5 Å². The fourth-order valence-electron chi connectivity index (χ4n) is 2.20. The van der Waals surface area contributed by atoms with Crippen LogP contribution in [-0.4, -0.2) is 49.3 Å². The Morgan fingerprint density at radius 3 is 2.65 bits per heavy atom. The number of hydrogen-bond donors (Lipinski definition) is 1. The lowest BCUT2D eigenvalue weighted by atomic mass is 10.2. The number of nitrogens with zero attached hydrogens (tertiary/aromatic N) is 1. The molecule has 0 saturated carbocycles. The molecule has 1 saturated heterocycles. The number of morpholine rings is 1. The molecule has 1 aromatic rings. The van der Waals surface area contributed by atoms with E-state index in [4.69, 9.17) is 4.74 Å². The number of nitrogens with one attached hydrogen (secondary N) is 1. The van der Waals surface area contributed by atoms with Crippen LogP contribution in [0.5, 0.6) is 0 Å². The number of thiophene rings is 1. The molecule has 1 aliphatic heterocycles. The number of carbonyl (C=O) groups excluding carboxylic acids is 2. The van der Waals surface area contributed by atoms with Gasteiger partial charge in [-0.15, -0.1) is 11.3 Å². The van der Waals surface area contributed by atoms with Gasteiger partial charge in [0.15, 0.2) is 0 Å². The third kappa shape index (κ3) is 3.29. The third-order valence-corrected chi connectivity index (χ3v) is 3.88. The average molecular weight is 298 g/mol. The monoisotopic (exact) mass is 298 g/mol. The van der Waals surface area contributed by atoms with Crippen LogP contribution in [-0.2, 0) is 9.47 Å². The smallest absolute Gasteiger partial charge is 0.350 e. The Kier molecular flexibility index (Phi) is 4.61. The fraction of sp³-hybridized carbons (Fsp3) is 0.538. The summed E-state index contributed by atoms with van der Waals surface area (Å²) in [5, 5.41) is 4.50. The number of amides is 2. The van der Waals surface area contributed by atoms with Crippen LogP contribution in [0.15, 0.2) is 11.4 Å². The normalized spacial score (nSPS) is 22.4. The summed E-state index contributed by atoms with van der Waals surface area (Å²) in [5.41, 5.74) is 0.485. The highest BCUT2D eigenvalue weighted by molar-refractivity contribution is 7.12. The number of carbonyl (C=O) groups is 2. The van der Waals surface area contributed by atoms with Gasteiger partial charge in [-0.1, -0.05) is 0 Å². The quantitative estimate of drug-likeness (QED) is 0.850. The number of ether oxygens (including phenoxy) is 2. The van der Waals surface area contributed by atoms with Gasteiger partial charge in [-0.2, -0.15) is 0 Å². The number of esters is 1. The van der Waals surface area contributed by atoms with Gasteiger partial charge in [0.2, 0.25) is 0 Å². The first-order valence-corrected chi connectivity index (χ1v) is 7.26. The van der Waals surface area contributed by atoms with Crippen molar-refractivity contribution in [2.24, 2.45) is 0 Å². The van der Waals surface area contributed by atoms with Crippen molar-refractivity contribution >= 4 is 29.0 Å². The number of anilines is 1. The Morgan fingerprint density at radius 2 is 2.05 bits per heavy atom. The first-order valence-electron chi connectivity index (χ1n) is 6.38.